The van der Waals surface area contributed by atoms with E-state index in [4.69, 9.17) is 0 Å². The van der Waals surface area contributed by atoms with Crippen molar-refractivity contribution >= 4 is 11.0 Å². The number of benzene rings is 2. The quantitative estimate of drug-likeness (QED) is 0.689. The van der Waals surface area contributed by atoms with E-state index in [0.717, 1.165) is 16.9 Å². The van der Waals surface area contributed by atoms with Crippen molar-refractivity contribution in [2.75, 3.05) is 0 Å². The van der Waals surface area contributed by atoms with Crippen LogP contribution in [0.2, 0.25) is 0 Å². The summed E-state index contributed by atoms with van der Waals surface area (Å²) in [6.45, 7) is 2.33. The molecule has 108 valence electrons. The topological polar surface area (TPSA) is 60.9 Å². The van der Waals surface area contributed by atoms with E-state index in [9.17, 15) is 9.50 Å². The van der Waals surface area contributed by atoms with E-state index >= 15 is 0 Å². The van der Waals surface area contributed by atoms with Gasteiger partial charge in [-0.2, -0.15) is 0 Å². The Morgan fingerprint density at radius 2 is 2.10 bits per heavy atom. The number of nitrogens with zero attached hydrogens (tertiary/aromatic N) is 1. The summed E-state index contributed by atoms with van der Waals surface area (Å²) >= 11 is 0. The molecule has 3 aromatic rings. The van der Waals surface area contributed by atoms with E-state index < -0.39 is 0 Å². The molecule has 3 N–H and O–H groups in total. The van der Waals surface area contributed by atoms with Gasteiger partial charge in [0.2, 0.25) is 0 Å². The van der Waals surface area contributed by atoms with Crippen molar-refractivity contribution in [1.29, 1.82) is 0 Å². The molecule has 2 aromatic carbocycles. The number of phenols is 1. The second kappa shape index (κ2) is 5.54. The molecule has 0 saturated carbocycles. The van der Waals surface area contributed by atoms with Crippen LogP contribution in [0.15, 0.2) is 42.5 Å². The minimum Gasteiger partial charge on any atom is -0.508 e. The predicted octanol–water partition coefficient (Wildman–Crippen LogP) is 3.26. The van der Waals surface area contributed by atoms with Crippen molar-refractivity contribution in [3.8, 4) is 5.75 Å². The number of aromatic hydroxyl groups is 1. The molecule has 0 saturated heterocycles. The molecular formula is C16H16FN3O. The zero-order valence-corrected chi connectivity index (χ0v) is 11.6. The van der Waals surface area contributed by atoms with Crippen LogP contribution >= 0.6 is 0 Å². The minimum atomic E-state index is -0.360. The smallest absolute Gasteiger partial charge is 0.124 e. The van der Waals surface area contributed by atoms with E-state index in [0.29, 0.717) is 12.1 Å². The van der Waals surface area contributed by atoms with Gasteiger partial charge in [0.15, 0.2) is 0 Å². The highest BCUT2D eigenvalue weighted by Crippen LogP contribution is 2.20. The standard InChI is InChI=1S/C16H16FN3O/c1-10(16-19-13-4-2-3-5-14(13)20-16)18-9-11-8-12(17)6-7-15(11)21/h2-8,10,18,21H,9H2,1H3,(H,19,20). The number of fused-ring (bicyclic) bond motifs is 1. The van der Waals surface area contributed by atoms with Crippen LogP contribution in [-0.2, 0) is 6.54 Å². The van der Waals surface area contributed by atoms with E-state index in [1.807, 2.05) is 31.2 Å². The van der Waals surface area contributed by atoms with E-state index in [1.54, 1.807) is 0 Å². The summed E-state index contributed by atoms with van der Waals surface area (Å²) in [5.41, 5.74) is 2.42. The Kier molecular flexibility index (Phi) is 3.58. The van der Waals surface area contributed by atoms with Crippen molar-refractivity contribution < 1.29 is 9.50 Å². The number of aromatic amines is 1. The van der Waals surface area contributed by atoms with Gasteiger partial charge in [-0.05, 0) is 37.3 Å². The first-order chi connectivity index (χ1) is 10.1. The SMILES string of the molecule is CC(NCc1cc(F)ccc1O)c1nc2ccccc2[nH]1. The zero-order valence-electron chi connectivity index (χ0n) is 11.6. The highest BCUT2D eigenvalue weighted by Gasteiger charge is 2.11. The zero-order chi connectivity index (χ0) is 14.8. The normalized spacial score (nSPS) is 12.7. The van der Waals surface area contributed by atoms with Crippen molar-refractivity contribution in [3.63, 3.8) is 0 Å². The van der Waals surface area contributed by atoms with Crippen LogP contribution < -0.4 is 5.32 Å². The van der Waals surface area contributed by atoms with Gasteiger partial charge in [-0.25, -0.2) is 9.37 Å². The maximum Gasteiger partial charge on any atom is 0.124 e. The van der Waals surface area contributed by atoms with Gasteiger partial charge >= 0.3 is 0 Å². The van der Waals surface area contributed by atoms with Gasteiger partial charge in [-0.1, -0.05) is 12.1 Å². The average molecular weight is 285 g/mol. The molecule has 1 unspecified atom stereocenters. The number of imidazole rings is 1. The van der Waals surface area contributed by atoms with Crippen LogP contribution in [0.5, 0.6) is 5.75 Å². The maximum absolute atomic E-state index is 13.2. The van der Waals surface area contributed by atoms with Crippen LogP contribution in [0.3, 0.4) is 0 Å². The van der Waals surface area contributed by atoms with Gasteiger partial charge in [0.25, 0.3) is 0 Å². The van der Waals surface area contributed by atoms with Gasteiger partial charge in [-0.3, -0.25) is 0 Å². The molecule has 1 heterocycles. The third-order valence-electron chi connectivity index (χ3n) is 3.46. The van der Waals surface area contributed by atoms with Crippen LogP contribution in [0.1, 0.15) is 24.4 Å². The molecule has 0 aliphatic heterocycles. The second-order valence-electron chi connectivity index (χ2n) is 5.01. The number of halogens is 1. The Labute approximate surface area is 121 Å². The summed E-state index contributed by atoms with van der Waals surface area (Å²) in [4.78, 5) is 7.76. The van der Waals surface area contributed by atoms with E-state index in [2.05, 4.69) is 15.3 Å². The molecule has 0 bridgehead atoms. The van der Waals surface area contributed by atoms with Crippen molar-refractivity contribution in [2.45, 2.75) is 19.5 Å². The fourth-order valence-corrected chi connectivity index (χ4v) is 2.23. The monoisotopic (exact) mass is 285 g/mol. The van der Waals surface area contributed by atoms with Gasteiger partial charge in [0.1, 0.15) is 17.4 Å². The largest absolute Gasteiger partial charge is 0.508 e. The van der Waals surface area contributed by atoms with E-state index in [-0.39, 0.29) is 17.6 Å². The Morgan fingerprint density at radius 3 is 2.90 bits per heavy atom. The highest BCUT2D eigenvalue weighted by molar-refractivity contribution is 5.74. The number of aromatic nitrogens is 2. The lowest BCUT2D eigenvalue weighted by Crippen LogP contribution is -2.19. The Hall–Kier alpha value is -2.40. The number of rotatable bonds is 4. The molecule has 3 rings (SSSR count). The second-order valence-corrected chi connectivity index (χ2v) is 5.01. The maximum atomic E-state index is 13.2. The Bertz CT molecular complexity index is 736. The molecule has 4 nitrogen and oxygen atoms in total. The first kappa shape index (κ1) is 13.6. The summed E-state index contributed by atoms with van der Waals surface area (Å²) in [6.07, 6.45) is 0. The van der Waals surface area contributed by atoms with Gasteiger partial charge < -0.3 is 15.4 Å². The van der Waals surface area contributed by atoms with Crippen molar-refractivity contribution in [2.24, 2.45) is 0 Å². The number of nitrogens with one attached hydrogen (secondary N) is 2. The predicted molar refractivity (Wildman–Crippen MR) is 79.4 cm³/mol. The molecule has 0 aliphatic carbocycles. The number of hydrogen-bond acceptors (Lipinski definition) is 3. The number of phenolic OH excluding ortho intramolecular Hbond substituents is 1. The first-order valence-electron chi connectivity index (χ1n) is 6.79. The lowest BCUT2D eigenvalue weighted by Gasteiger charge is -2.12. The van der Waals surface area contributed by atoms with Crippen molar-refractivity contribution in [1.82, 2.24) is 15.3 Å². The molecule has 5 heteroatoms. The summed E-state index contributed by atoms with van der Waals surface area (Å²) < 4.78 is 13.2. The van der Waals surface area contributed by atoms with Crippen LogP contribution in [0.4, 0.5) is 4.39 Å². The molecule has 0 radical (unpaired) electrons. The lowest BCUT2D eigenvalue weighted by molar-refractivity contribution is 0.456. The summed E-state index contributed by atoms with van der Waals surface area (Å²) in [6, 6.07) is 11.7. The fraction of sp³-hybridized carbons (Fsp3) is 0.188. The number of hydrogen-bond donors (Lipinski definition) is 3. The van der Waals surface area contributed by atoms with Gasteiger partial charge in [-0.15, -0.1) is 0 Å². The van der Waals surface area contributed by atoms with Crippen LogP contribution in [0.25, 0.3) is 11.0 Å². The van der Waals surface area contributed by atoms with Crippen molar-refractivity contribution in [3.05, 3.63) is 59.7 Å². The molecule has 1 atom stereocenters. The van der Waals surface area contributed by atoms with Crippen LogP contribution in [-0.4, -0.2) is 15.1 Å². The molecule has 1 aromatic heterocycles. The summed E-state index contributed by atoms with van der Waals surface area (Å²) in [7, 11) is 0. The highest BCUT2D eigenvalue weighted by atomic mass is 19.1. The third kappa shape index (κ3) is 2.87. The molecule has 21 heavy (non-hydrogen) atoms. The minimum absolute atomic E-state index is 0.0416. The molecule has 0 fully saturated rings. The van der Waals surface area contributed by atoms with Gasteiger partial charge in [0, 0.05) is 12.1 Å². The lowest BCUT2D eigenvalue weighted by atomic mass is 10.2. The third-order valence-corrected chi connectivity index (χ3v) is 3.46. The Balaban J connectivity index is 1.74. The fourth-order valence-electron chi connectivity index (χ4n) is 2.23. The molecule has 0 aliphatic rings. The number of H-pyrrole nitrogens is 1. The molecular weight excluding hydrogens is 269 g/mol. The van der Waals surface area contributed by atoms with E-state index in [1.165, 1.54) is 18.2 Å². The number of para-hydroxylation sites is 2. The van der Waals surface area contributed by atoms with Gasteiger partial charge in [0.05, 0.1) is 17.1 Å². The molecule has 0 spiro atoms. The molecule has 0 amide bonds. The average Bonchev–Trinajstić information content (AvgIpc) is 2.92. The summed E-state index contributed by atoms with van der Waals surface area (Å²) in [5, 5.41) is 12.9. The Morgan fingerprint density at radius 1 is 1.29 bits per heavy atom. The summed E-state index contributed by atoms with van der Waals surface area (Å²) in [5.74, 6) is 0.536. The van der Waals surface area contributed by atoms with Crippen LogP contribution in [0, 0.1) is 5.82 Å². The first-order valence-corrected chi connectivity index (χ1v) is 6.79.